The summed E-state index contributed by atoms with van der Waals surface area (Å²) in [7, 11) is 0. The highest BCUT2D eigenvalue weighted by Gasteiger charge is 2.08. The lowest BCUT2D eigenvalue weighted by molar-refractivity contribution is 0.340. The SMILES string of the molecule is CCOc1c(Cl)cc(/C=N/Nc2ccc(Cl)cc2)cc1Cl. The molecule has 0 saturated heterocycles. The molecule has 0 heterocycles. The summed E-state index contributed by atoms with van der Waals surface area (Å²) in [5.74, 6) is 0.489. The van der Waals surface area contributed by atoms with Crippen LogP contribution in [0.5, 0.6) is 5.75 Å². The minimum Gasteiger partial charge on any atom is -0.491 e. The first-order valence-corrected chi connectivity index (χ1v) is 7.40. The van der Waals surface area contributed by atoms with Crippen molar-refractivity contribution >= 4 is 46.7 Å². The molecule has 0 atom stereocenters. The molecule has 3 nitrogen and oxygen atoms in total. The van der Waals surface area contributed by atoms with Gasteiger partial charge in [0.15, 0.2) is 5.75 Å². The third-order valence-corrected chi connectivity index (χ3v) is 3.37. The first-order valence-electron chi connectivity index (χ1n) is 6.26. The minimum absolute atomic E-state index is 0.456. The van der Waals surface area contributed by atoms with Crippen LogP contribution in [0.25, 0.3) is 0 Å². The Hall–Kier alpha value is -1.42. The maximum atomic E-state index is 6.12. The zero-order chi connectivity index (χ0) is 15.2. The van der Waals surface area contributed by atoms with Crippen LogP contribution in [0, 0.1) is 0 Å². The Bertz CT molecular complexity index is 619. The standard InChI is InChI=1S/C15H13Cl3N2O/c1-2-21-15-13(17)7-10(8-14(15)18)9-19-20-12-5-3-11(16)4-6-12/h3-9,20H,2H2,1H3/b19-9+. The molecule has 0 amide bonds. The normalized spacial score (nSPS) is 10.9. The number of hydrogen-bond donors (Lipinski definition) is 1. The van der Waals surface area contributed by atoms with Gasteiger partial charge in [0.05, 0.1) is 28.6 Å². The first-order chi connectivity index (χ1) is 10.1. The van der Waals surface area contributed by atoms with Gasteiger partial charge in [-0.2, -0.15) is 5.10 Å². The molecule has 0 spiro atoms. The Morgan fingerprint density at radius 1 is 1.10 bits per heavy atom. The molecule has 110 valence electrons. The third kappa shape index (κ3) is 4.53. The van der Waals surface area contributed by atoms with Gasteiger partial charge in [0.25, 0.3) is 0 Å². The molecule has 1 N–H and O–H groups in total. The average molecular weight is 344 g/mol. The minimum atomic E-state index is 0.456. The molecule has 0 aliphatic heterocycles. The molecule has 0 aromatic heterocycles. The van der Waals surface area contributed by atoms with Crippen molar-refractivity contribution in [2.75, 3.05) is 12.0 Å². The molecule has 0 aliphatic carbocycles. The zero-order valence-electron chi connectivity index (χ0n) is 11.2. The van der Waals surface area contributed by atoms with Crippen molar-refractivity contribution in [2.24, 2.45) is 5.10 Å². The van der Waals surface area contributed by atoms with Crippen LogP contribution in [-0.4, -0.2) is 12.8 Å². The lowest BCUT2D eigenvalue weighted by Gasteiger charge is -2.08. The molecule has 2 aromatic carbocycles. The number of hydrogen-bond acceptors (Lipinski definition) is 3. The molecule has 0 unspecified atom stereocenters. The van der Waals surface area contributed by atoms with Crippen molar-refractivity contribution < 1.29 is 4.74 Å². The molecule has 0 radical (unpaired) electrons. The van der Waals surface area contributed by atoms with Crippen molar-refractivity contribution in [2.45, 2.75) is 6.92 Å². The topological polar surface area (TPSA) is 33.6 Å². The van der Waals surface area contributed by atoms with E-state index in [2.05, 4.69) is 10.5 Å². The van der Waals surface area contributed by atoms with Crippen LogP contribution in [0.4, 0.5) is 5.69 Å². The van der Waals surface area contributed by atoms with Crippen LogP contribution >= 0.6 is 34.8 Å². The number of nitrogens with zero attached hydrogens (tertiary/aromatic N) is 1. The van der Waals surface area contributed by atoms with Crippen LogP contribution in [-0.2, 0) is 0 Å². The third-order valence-electron chi connectivity index (χ3n) is 2.56. The molecule has 21 heavy (non-hydrogen) atoms. The summed E-state index contributed by atoms with van der Waals surface area (Å²) < 4.78 is 5.37. The second-order valence-electron chi connectivity index (χ2n) is 4.12. The van der Waals surface area contributed by atoms with Gasteiger partial charge < -0.3 is 4.74 Å². The van der Waals surface area contributed by atoms with Crippen LogP contribution in [0.1, 0.15) is 12.5 Å². The van der Waals surface area contributed by atoms with Crippen molar-refractivity contribution in [1.29, 1.82) is 0 Å². The summed E-state index contributed by atoms with van der Waals surface area (Å²) in [6, 6.07) is 10.7. The maximum Gasteiger partial charge on any atom is 0.156 e. The Morgan fingerprint density at radius 2 is 1.71 bits per heavy atom. The predicted molar refractivity (Wildman–Crippen MR) is 90.3 cm³/mol. The van der Waals surface area contributed by atoms with E-state index in [9.17, 15) is 0 Å². The summed E-state index contributed by atoms with van der Waals surface area (Å²) in [6.45, 7) is 2.38. The molecule has 0 aliphatic rings. The van der Waals surface area contributed by atoms with Gasteiger partial charge >= 0.3 is 0 Å². The highest BCUT2D eigenvalue weighted by atomic mass is 35.5. The van der Waals surface area contributed by atoms with Gasteiger partial charge in [0, 0.05) is 5.02 Å². The summed E-state index contributed by atoms with van der Waals surface area (Å²) >= 11 is 18.1. The first kappa shape index (κ1) is 16.0. The summed E-state index contributed by atoms with van der Waals surface area (Å²) in [5.41, 5.74) is 4.50. The fourth-order valence-electron chi connectivity index (χ4n) is 1.64. The number of nitrogens with one attached hydrogen (secondary N) is 1. The van der Waals surface area contributed by atoms with Crippen molar-refractivity contribution in [1.82, 2.24) is 0 Å². The zero-order valence-corrected chi connectivity index (χ0v) is 13.5. The maximum absolute atomic E-state index is 6.12. The smallest absolute Gasteiger partial charge is 0.156 e. The van der Waals surface area contributed by atoms with E-state index in [1.165, 1.54) is 0 Å². The predicted octanol–water partition coefficient (Wildman–Crippen LogP) is 5.49. The highest BCUT2D eigenvalue weighted by Crippen LogP contribution is 2.33. The lowest BCUT2D eigenvalue weighted by Crippen LogP contribution is -1.95. The van der Waals surface area contributed by atoms with Gasteiger partial charge in [0.1, 0.15) is 0 Å². The fraction of sp³-hybridized carbons (Fsp3) is 0.133. The van der Waals surface area contributed by atoms with E-state index in [-0.39, 0.29) is 0 Å². The number of halogens is 3. The Balaban J connectivity index is 2.09. The van der Waals surface area contributed by atoms with E-state index < -0.39 is 0 Å². The van der Waals surface area contributed by atoms with Crippen LogP contribution < -0.4 is 10.2 Å². The Morgan fingerprint density at radius 3 is 2.29 bits per heavy atom. The number of hydrazone groups is 1. The monoisotopic (exact) mass is 342 g/mol. The van der Waals surface area contributed by atoms with Gasteiger partial charge in [-0.15, -0.1) is 0 Å². The van der Waals surface area contributed by atoms with Gasteiger partial charge in [-0.05, 0) is 48.9 Å². The van der Waals surface area contributed by atoms with Crippen LogP contribution in [0.2, 0.25) is 15.1 Å². The summed E-state index contributed by atoms with van der Waals surface area (Å²) in [6.07, 6.45) is 1.63. The number of benzene rings is 2. The Labute approximate surface area is 138 Å². The van der Waals surface area contributed by atoms with Crippen molar-refractivity contribution in [3.63, 3.8) is 0 Å². The average Bonchev–Trinajstić information content (AvgIpc) is 2.45. The quantitative estimate of drug-likeness (QED) is 0.575. The van der Waals surface area contributed by atoms with Gasteiger partial charge in [0.2, 0.25) is 0 Å². The molecular weight excluding hydrogens is 331 g/mol. The van der Waals surface area contributed by atoms with Crippen molar-refractivity contribution in [3.05, 3.63) is 57.0 Å². The number of anilines is 1. The van der Waals surface area contributed by atoms with E-state index in [1.54, 1.807) is 30.5 Å². The largest absolute Gasteiger partial charge is 0.491 e. The van der Waals surface area contributed by atoms with Crippen LogP contribution in [0.3, 0.4) is 0 Å². The molecule has 2 aromatic rings. The highest BCUT2D eigenvalue weighted by molar-refractivity contribution is 6.37. The molecule has 2 rings (SSSR count). The van der Waals surface area contributed by atoms with Gasteiger partial charge in [-0.3, -0.25) is 5.43 Å². The summed E-state index contributed by atoms with van der Waals surface area (Å²) in [5, 5.41) is 5.71. The van der Waals surface area contributed by atoms with E-state index in [1.807, 2.05) is 19.1 Å². The molecule has 0 bridgehead atoms. The Kier molecular flexibility index (Phi) is 5.74. The van der Waals surface area contributed by atoms with E-state index >= 15 is 0 Å². The van der Waals surface area contributed by atoms with E-state index in [4.69, 9.17) is 39.5 Å². The number of ether oxygens (including phenoxy) is 1. The van der Waals surface area contributed by atoms with E-state index in [0.29, 0.717) is 27.4 Å². The van der Waals surface area contributed by atoms with E-state index in [0.717, 1.165) is 11.3 Å². The second-order valence-corrected chi connectivity index (χ2v) is 5.37. The molecule has 6 heteroatoms. The van der Waals surface area contributed by atoms with Crippen molar-refractivity contribution in [3.8, 4) is 5.75 Å². The van der Waals surface area contributed by atoms with Crippen LogP contribution in [0.15, 0.2) is 41.5 Å². The molecule has 0 saturated carbocycles. The summed E-state index contributed by atoms with van der Waals surface area (Å²) in [4.78, 5) is 0. The van der Waals surface area contributed by atoms with Gasteiger partial charge in [-0.25, -0.2) is 0 Å². The molecule has 0 fully saturated rings. The molecular formula is C15H13Cl3N2O. The van der Waals surface area contributed by atoms with Gasteiger partial charge in [-0.1, -0.05) is 34.8 Å². The number of rotatable bonds is 5. The second kappa shape index (κ2) is 7.55. The fourth-order valence-corrected chi connectivity index (χ4v) is 2.38. The lowest BCUT2D eigenvalue weighted by atomic mass is 10.2.